The maximum atomic E-state index is 13.5. The molecule has 0 radical (unpaired) electrons. The summed E-state index contributed by atoms with van der Waals surface area (Å²) in [5.74, 6) is -1.86. The third-order valence-corrected chi connectivity index (χ3v) is 6.45. The van der Waals surface area contributed by atoms with Gasteiger partial charge in [0.15, 0.2) is 6.10 Å². The van der Waals surface area contributed by atoms with Crippen LogP contribution in [0.2, 0.25) is 10.0 Å². The summed E-state index contributed by atoms with van der Waals surface area (Å²) < 4.78 is 0. The van der Waals surface area contributed by atoms with E-state index in [4.69, 9.17) is 28.0 Å². The zero-order valence-electron chi connectivity index (χ0n) is 16.8. The van der Waals surface area contributed by atoms with E-state index in [1.54, 1.807) is 12.1 Å². The van der Waals surface area contributed by atoms with Crippen LogP contribution in [0, 0.1) is 16.0 Å². The molecule has 0 aromatic heterocycles. The second kappa shape index (κ2) is 8.15. The molecule has 33 heavy (non-hydrogen) atoms. The van der Waals surface area contributed by atoms with Gasteiger partial charge in [-0.3, -0.25) is 24.5 Å². The zero-order chi connectivity index (χ0) is 23.3. The van der Waals surface area contributed by atoms with Crippen LogP contribution in [0.3, 0.4) is 0 Å². The summed E-state index contributed by atoms with van der Waals surface area (Å²) in [4.78, 5) is 44.7. The van der Waals surface area contributed by atoms with Gasteiger partial charge in [0, 0.05) is 12.1 Å². The Morgan fingerprint density at radius 3 is 2.30 bits per heavy atom. The van der Waals surface area contributed by atoms with E-state index in [0.717, 1.165) is 10.5 Å². The summed E-state index contributed by atoms with van der Waals surface area (Å²) in [5, 5.41) is 13.2. The van der Waals surface area contributed by atoms with Crippen molar-refractivity contribution >= 4 is 52.1 Å². The van der Waals surface area contributed by atoms with E-state index < -0.39 is 34.8 Å². The standard InChI is InChI=1S/C23H15Cl2N3O5/c24-17-10-9-14(12-18(17)25)26-22(29)19-20(13-5-2-1-3-6-13)27(33-21(19)23(26)30)15-7-4-8-16(11-15)28(31)32/h1-12,19-21H/t19-,20+,21+/m1/s1. The number of nitro benzene ring substituents is 1. The van der Waals surface area contributed by atoms with Gasteiger partial charge in [0.2, 0.25) is 5.91 Å². The molecule has 0 spiro atoms. The number of anilines is 2. The molecule has 2 fully saturated rings. The minimum atomic E-state index is -1.10. The van der Waals surface area contributed by atoms with Crippen LogP contribution in [0.5, 0.6) is 0 Å². The van der Waals surface area contributed by atoms with E-state index in [1.165, 1.54) is 35.4 Å². The molecule has 3 atom stereocenters. The van der Waals surface area contributed by atoms with Crippen molar-refractivity contribution in [3.8, 4) is 0 Å². The number of rotatable bonds is 4. The molecule has 2 aliphatic rings. The van der Waals surface area contributed by atoms with Gasteiger partial charge in [-0.25, -0.2) is 9.96 Å². The average Bonchev–Trinajstić information content (AvgIpc) is 3.32. The van der Waals surface area contributed by atoms with Crippen LogP contribution in [-0.2, 0) is 14.4 Å². The molecule has 2 saturated heterocycles. The summed E-state index contributed by atoms with van der Waals surface area (Å²) in [6.07, 6.45) is -1.10. The number of nitrogens with zero attached hydrogens (tertiary/aromatic N) is 3. The number of non-ortho nitro benzene ring substituents is 1. The number of hydrogen-bond acceptors (Lipinski definition) is 6. The van der Waals surface area contributed by atoms with Crippen LogP contribution < -0.4 is 9.96 Å². The fourth-order valence-electron chi connectivity index (χ4n) is 4.25. The lowest BCUT2D eigenvalue weighted by Gasteiger charge is -2.28. The Labute approximate surface area is 198 Å². The van der Waals surface area contributed by atoms with Gasteiger partial charge in [0.05, 0.1) is 32.4 Å². The van der Waals surface area contributed by atoms with E-state index in [9.17, 15) is 19.7 Å². The molecular weight excluding hydrogens is 469 g/mol. The van der Waals surface area contributed by atoms with Gasteiger partial charge in [-0.2, -0.15) is 0 Å². The number of carbonyl (C=O) groups excluding carboxylic acids is 2. The van der Waals surface area contributed by atoms with Gasteiger partial charge < -0.3 is 0 Å². The van der Waals surface area contributed by atoms with Crippen molar-refractivity contribution in [2.45, 2.75) is 12.1 Å². The van der Waals surface area contributed by atoms with Crippen molar-refractivity contribution in [1.82, 2.24) is 0 Å². The molecule has 10 heteroatoms. The van der Waals surface area contributed by atoms with Crippen LogP contribution >= 0.6 is 23.2 Å². The number of hydrogen-bond donors (Lipinski definition) is 0. The van der Waals surface area contributed by atoms with Crippen molar-refractivity contribution in [2.24, 2.45) is 5.92 Å². The second-order valence-electron chi connectivity index (χ2n) is 7.62. The Hall–Kier alpha value is -3.46. The van der Waals surface area contributed by atoms with E-state index in [1.807, 2.05) is 30.3 Å². The molecule has 5 rings (SSSR count). The quantitative estimate of drug-likeness (QED) is 0.296. The zero-order valence-corrected chi connectivity index (χ0v) is 18.3. The predicted molar refractivity (Wildman–Crippen MR) is 122 cm³/mol. The number of amides is 2. The number of imide groups is 1. The first-order valence-electron chi connectivity index (χ1n) is 9.95. The molecule has 2 amide bonds. The first-order chi connectivity index (χ1) is 15.9. The molecule has 0 unspecified atom stereocenters. The Balaban J connectivity index is 1.58. The van der Waals surface area contributed by atoms with E-state index in [2.05, 4.69) is 0 Å². The highest BCUT2D eigenvalue weighted by molar-refractivity contribution is 6.42. The third-order valence-electron chi connectivity index (χ3n) is 5.71. The number of benzene rings is 3. The lowest BCUT2D eigenvalue weighted by Crippen LogP contribution is -2.37. The van der Waals surface area contributed by atoms with Gasteiger partial charge in [-0.1, -0.05) is 59.6 Å². The Morgan fingerprint density at radius 1 is 0.848 bits per heavy atom. The molecule has 166 valence electrons. The van der Waals surface area contributed by atoms with Gasteiger partial charge in [0.25, 0.3) is 11.6 Å². The Kier molecular flexibility index (Phi) is 5.28. The summed E-state index contributed by atoms with van der Waals surface area (Å²) in [7, 11) is 0. The van der Waals surface area contributed by atoms with E-state index >= 15 is 0 Å². The summed E-state index contributed by atoms with van der Waals surface area (Å²) in [6.45, 7) is 0. The van der Waals surface area contributed by atoms with Crippen molar-refractivity contribution in [2.75, 3.05) is 9.96 Å². The number of carbonyl (C=O) groups is 2. The van der Waals surface area contributed by atoms with Crippen LogP contribution in [0.4, 0.5) is 17.1 Å². The van der Waals surface area contributed by atoms with E-state index in [-0.39, 0.29) is 10.7 Å². The molecule has 2 aliphatic heterocycles. The predicted octanol–water partition coefficient (Wildman–Crippen LogP) is 4.95. The molecule has 3 aromatic carbocycles. The lowest BCUT2D eigenvalue weighted by molar-refractivity contribution is -0.384. The van der Waals surface area contributed by atoms with Crippen LogP contribution in [0.25, 0.3) is 0 Å². The molecular formula is C23H15Cl2N3O5. The molecule has 0 aliphatic carbocycles. The third kappa shape index (κ3) is 3.52. The van der Waals surface area contributed by atoms with Gasteiger partial charge >= 0.3 is 0 Å². The normalized spacial score (nSPS) is 22.1. The lowest BCUT2D eigenvalue weighted by atomic mass is 9.90. The number of halogens is 2. The molecule has 0 N–H and O–H groups in total. The van der Waals surface area contributed by atoms with Crippen molar-refractivity contribution in [3.63, 3.8) is 0 Å². The first-order valence-corrected chi connectivity index (χ1v) is 10.7. The van der Waals surface area contributed by atoms with Crippen LogP contribution in [0.1, 0.15) is 11.6 Å². The van der Waals surface area contributed by atoms with Gasteiger partial charge in [-0.15, -0.1) is 0 Å². The molecule has 2 heterocycles. The highest BCUT2D eigenvalue weighted by atomic mass is 35.5. The smallest absolute Gasteiger partial charge is 0.271 e. The second-order valence-corrected chi connectivity index (χ2v) is 8.43. The monoisotopic (exact) mass is 483 g/mol. The van der Waals surface area contributed by atoms with Gasteiger partial charge in [0.1, 0.15) is 5.92 Å². The molecule has 3 aromatic rings. The topological polar surface area (TPSA) is 93.0 Å². The minimum Gasteiger partial charge on any atom is -0.273 e. The first kappa shape index (κ1) is 21.4. The molecule has 8 nitrogen and oxygen atoms in total. The summed E-state index contributed by atoms with van der Waals surface area (Å²) in [6, 6.07) is 18.8. The summed E-state index contributed by atoms with van der Waals surface area (Å²) in [5.41, 5.74) is 1.27. The van der Waals surface area contributed by atoms with Crippen LogP contribution in [-0.4, -0.2) is 22.8 Å². The largest absolute Gasteiger partial charge is 0.273 e. The highest BCUT2D eigenvalue weighted by Gasteiger charge is 2.60. The Bertz CT molecular complexity index is 1290. The fraction of sp³-hybridized carbons (Fsp3) is 0.130. The maximum Gasteiger partial charge on any atom is 0.271 e. The minimum absolute atomic E-state index is 0.130. The Morgan fingerprint density at radius 2 is 1.61 bits per heavy atom. The number of hydroxylamine groups is 1. The average molecular weight is 484 g/mol. The molecule has 0 saturated carbocycles. The summed E-state index contributed by atoms with van der Waals surface area (Å²) >= 11 is 12.1. The fourth-order valence-corrected chi connectivity index (χ4v) is 4.54. The number of fused-ring (bicyclic) bond motifs is 1. The SMILES string of the molecule is O=C1[C@H]2[C@H](ON(c3cccc([N+](=O)[O-])c3)[C@H]2c2ccccc2)C(=O)N1c1ccc(Cl)c(Cl)c1. The highest BCUT2D eigenvalue weighted by Crippen LogP contribution is 2.48. The molecule has 0 bridgehead atoms. The van der Waals surface area contributed by atoms with Gasteiger partial charge in [-0.05, 0) is 29.8 Å². The van der Waals surface area contributed by atoms with Crippen molar-refractivity contribution in [3.05, 3.63) is 98.5 Å². The van der Waals surface area contributed by atoms with E-state index in [0.29, 0.717) is 16.4 Å². The number of nitro groups is 1. The van der Waals surface area contributed by atoms with Crippen molar-refractivity contribution in [1.29, 1.82) is 0 Å². The maximum absolute atomic E-state index is 13.5. The van der Waals surface area contributed by atoms with Crippen molar-refractivity contribution < 1.29 is 19.3 Å². The van der Waals surface area contributed by atoms with Crippen LogP contribution in [0.15, 0.2) is 72.8 Å².